The second-order valence-electron chi connectivity index (χ2n) is 6.58. The van der Waals surface area contributed by atoms with Gasteiger partial charge in [-0.3, -0.25) is 5.10 Å². The molecule has 0 radical (unpaired) electrons. The molecule has 1 atom stereocenters. The Bertz CT molecular complexity index is 1150. The Kier molecular flexibility index (Phi) is 5.12. The van der Waals surface area contributed by atoms with E-state index in [1.54, 1.807) is 24.4 Å². The highest BCUT2D eigenvalue weighted by Gasteiger charge is 2.31. The van der Waals surface area contributed by atoms with Gasteiger partial charge in [-0.1, -0.05) is 12.1 Å². The first-order chi connectivity index (χ1) is 14.3. The molecule has 7 nitrogen and oxygen atoms in total. The highest BCUT2D eigenvalue weighted by atomic mass is 19.4. The molecule has 3 heterocycles. The molecule has 0 aliphatic rings. The summed E-state index contributed by atoms with van der Waals surface area (Å²) in [5.74, 6) is 0.268. The molecular formula is C19H16F4N6O. The Morgan fingerprint density at radius 2 is 1.97 bits per heavy atom. The molecule has 0 bridgehead atoms. The number of aromatic amines is 1. The van der Waals surface area contributed by atoms with Gasteiger partial charge in [-0.25, -0.2) is 13.9 Å². The summed E-state index contributed by atoms with van der Waals surface area (Å²) in [7, 11) is 0. The third-order valence-corrected chi connectivity index (χ3v) is 4.18. The van der Waals surface area contributed by atoms with Gasteiger partial charge in [0.1, 0.15) is 24.0 Å². The number of rotatable bonds is 6. The second-order valence-corrected chi connectivity index (χ2v) is 6.58. The van der Waals surface area contributed by atoms with E-state index in [4.69, 9.17) is 4.74 Å². The molecule has 4 aromatic rings. The molecule has 0 saturated carbocycles. The van der Waals surface area contributed by atoms with Crippen LogP contribution in [0.3, 0.4) is 0 Å². The number of aromatic nitrogens is 5. The molecule has 0 aliphatic carbocycles. The van der Waals surface area contributed by atoms with E-state index in [1.807, 2.05) is 6.92 Å². The van der Waals surface area contributed by atoms with Gasteiger partial charge >= 0.3 is 6.18 Å². The van der Waals surface area contributed by atoms with Crippen LogP contribution < -0.4 is 5.32 Å². The van der Waals surface area contributed by atoms with Crippen molar-refractivity contribution in [3.63, 3.8) is 0 Å². The molecule has 11 heteroatoms. The number of aryl methyl sites for hydroxylation is 1. The largest absolute Gasteiger partial charge is 0.411 e. The van der Waals surface area contributed by atoms with E-state index in [9.17, 15) is 17.6 Å². The molecule has 2 N–H and O–H groups in total. The quantitative estimate of drug-likeness (QED) is 0.455. The highest BCUT2D eigenvalue weighted by Crippen LogP contribution is 2.29. The van der Waals surface area contributed by atoms with Crippen molar-refractivity contribution < 1.29 is 22.3 Å². The van der Waals surface area contributed by atoms with Gasteiger partial charge in [-0.2, -0.15) is 18.3 Å². The van der Waals surface area contributed by atoms with Crippen molar-refractivity contribution in [1.82, 2.24) is 24.8 Å². The zero-order valence-electron chi connectivity index (χ0n) is 15.6. The molecule has 3 aromatic heterocycles. The lowest BCUT2D eigenvalue weighted by molar-refractivity contribution is -0.182. The second kappa shape index (κ2) is 7.75. The van der Waals surface area contributed by atoms with Crippen LogP contribution in [0, 0.1) is 12.7 Å². The average Bonchev–Trinajstić information content (AvgIpc) is 3.31. The van der Waals surface area contributed by atoms with Gasteiger partial charge in [0.2, 0.25) is 0 Å². The maximum absolute atomic E-state index is 13.3. The number of anilines is 2. The van der Waals surface area contributed by atoms with Crippen molar-refractivity contribution in [2.45, 2.75) is 19.2 Å². The zero-order chi connectivity index (χ0) is 21.3. The van der Waals surface area contributed by atoms with Crippen LogP contribution in [0.4, 0.5) is 29.2 Å². The summed E-state index contributed by atoms with van der Waals surface area (Å²) in [5, 5.41) is 14.2. The van der Waals surface area contributed by atoms with E-state index in [-0.39, 0.29) is 11.4 Å². The van der Waals surface area contributed by atoms with E-state index in [0.717, 1.165) is 17.8 Å². The van der Waals surface area contributed by atoms with E-state index in [1.165, 1.54) is 16.6 Å². The van der Waals surface area contributed by atoms with Crippen molar-refractivity contribution in [3.8, 4) is 0 Å². The summed E-state index contributed by atoms with van der Waals surface area (Å²) in [6.45, 7) is 0.315. The highest BCUT2D eigenvalue weighted by molar-refractivity contribution is 5.72. The minimum atomic E-state index is -4.55. The fourth-order valence-corrected chi connectivity index (χ4v) is 2.89. The van der Waals surface area contributed by atoms with Crippen LogP contribution in [0.15, 0.2) is 48.7 Å². The lowest BCUT2D eigenvalue weighted by atomic mass is 10.1. The molecule has 4 rings (SSSR count). The standard InChI is InChI=1S/C19H16F4N6O/c1-11-9-15(27-26-11)24-17-14-3-2-8-29(14)28-18(25-17)16(30-10-19(21,22)23)12-4-6-13(20)7-5-12/h2-9,16H,10H2,1H3,(H2,24,25,26,27,28). The summed E-state index contributed by atoms with van der Waals surface area (Å²) in [4.78, 5) is 4.39. The summed E-state index contributed by atoms with van der Waals surface area (Å²) < 4.78 is 58.4. The van der Waals surface area contributed by atoms with Crippen LogP contribution in [-0.2, 0) is 4.74 Å². The van der Waals surface area contributed by atoms with Crippen LogP contribution in [0.25, 0.3) is 5.52 Å². The third kappa shape index (κ3) is 4.40. The predicted molar refractivity (Wildman–Crippen MR) is 99.8 cm³/mol. The predicted octanol–water partition coefficient (Wildman–Crippen LogP) is 4.31. The fraction of sp³-hybridized carbons (Fsp3) is 0.211. The Morgan fingerprint density at radius 1 is 1.20 bits per heavy atom. The summed E-state index contributed by atoms with van der Waals surface area (Å²) >= 11 is 0. The van der Waals surface area contributed by atoms with Gasteiger partial charge in [-0.15, -0.1) is 5.10 Å². The molecule has 1 unspecified atom stereocenters. The van der Waals surface area contributed by atoms with E-state index in [0.29, 0.717) is 17.2 Å². The first kappa shape index (κ1) is 19.8. The van der Waals surface area contributed by atoms with Gasteiger partial charge in [0.15, 0.2) is 17.5 Å². The number of nitrogens with one attached hydrogen (secondary N) is 2. The summed E-state index contributed by atoms with van der Waals surface area (Å²) in [5.41, 5.74) is 1.69. The maximum Gasteiger partial charge on any atom is 0.411 e. The van der Waals surface area contributed by atoms with Crippen molar-refractivity contribution in [1.29, 1.82) is 0 Å². The summed E-state index contributed by atoms with van der Waals surface area (Å²) in [6.07, 6.45) is -4.18. The molecule has 0 fully saturated rings. The smallest absolute Gasteiger partial charge is 0.356 e. The minimum absolute atomic E-state index is 0.0238. The van der Waals surface area contributed by atoms with Crippen molar-refractivity contribution >= 4 is 17.2 Å². The first-order valence-electron chi connectivity index (χ1n) is 8.87. The molecule has 0 amide bonds. The van der Waals surface area contributed by atoms with Gasteiger partial charge in [0.25, 0.3) is 0 Å². The van der Waals surface area contributed by atoms with Gasteiger partial charge in [0, 0.05) is 18.0 Å². The van der Waals surface area contributed by atoms with Crippen LogP contribution >= 0.6 is 0 Å². The monoisotopic (exact) mass is 420 g/mol. The number of hydrogen-bond donors (Lipinski definition) is 2. The topological polar surface area (TPSA) is 80.1 Å². The van der Waals surface area contributed by atoms with Crippen LogP contribution in [-0.4, -0.2) is 37.6 Å². The fourth-order valence-electron chi connectivity index (χ4n) is 2.89. The molecule has 156 valence electrons. The lowest BCUT2D eigenvalue weighted by Gasteiger charge is -2.19. The molecule has 0 saturated heterocycles. The molecular weight excluding hydrogens is 404 g/mol. The van der Waals surface area contributed by atoms with Crippen molar-refractivity contribution in [2.24, 2.45) is 0 Å². The zero-order valence-corrected chi connectivity index (χ0v) is 15.6. The van der Waals surface area contributed by atoms with Gasteiger partial charge < -0.3 is 10.1 Å². The average molecular weight is 420 g/mol. The number of benzene rings is 1. The lowest BCUT2D eigenvalue weighted by Crippen LogP contribution is -2.22. The number of alkyl halides is 3. The van der Waals surface area contributed by atoms with Gasteiger partial charge in [-0.05, 0) is 36.8 Å². The minimum Gasteiger partial charge on any atom is -0.356 e. The molecule has 30 heavy (non-hydrogen) atoms. The molecule has 0 spiro atoms. The molecule has 1 aromatic carbocycles. The van der Waals surface area contributed by atoms with Crippen LogP contribution in [0.1, 0.15) is 23.2 Å². The van der Waals surface area contributed by atoms with Gasteiger partial charge in [0.05, 0.1) is 0 Å². The Hall–Kier alpha value is -3.47. The normalized spacial score (nSPS) is 13.0. The molecule has 0 aliphatic heterocycles. The third-order valence-electron chi connectivity index (χ3n) is 4.18. The number of hydrogen-bond acceptors (Lipinski definition) is 5. The van der Waals surface area contributed by atoms with E-state index < -0.39 is 24.7 Å². The maximum atomic E-state index is 13.3. The van der Waals surface area contributed by atoms with Crippen molar-refractivity contribution in [3.05, 3.63) is 71.6 Å². The number of H-pyrrole nitrogens is 1. The van der Waals surface area contributed by atoms with E-state index >= 15 is 0 Å². The van der Waals surface area contributed by atoms with Crippen LogP contribution in [0.2, 0.25) is 0 Å². The first-order valence-corrected chi connectivity index (χ1v) is 8.87. The van der Waals surface area contributed by atoms with Crippen LogP contribution in [0.5, 0.6) is 0 Å². The SMILES string of the molecule is Cc1cc(Nc2nc(C(OCC(F)(F)F)c3ccc(F)cc3)nn3cccc23)n[nH]1. The Balaban J connectivity index is 1.77. The van der Waals surface area contributed by atoms with Crippen molar-refractivity contribution in [2.75, 3.05) is 11.9 Å². The number of nitrogens with zero attached hydrogens (tertiary/aromatic N) is 4. The Morgan fingerprint density at radius 3 is 2.63 bits per heavy atom. The van der Waals surface area contributed by atoms with E-state index in [2.05, 4.69) is 25.6 Å². The number of halogens is 4. The number of ether oxygens (including phenoxy) is 1. The Labute approximate surface area is 167 Å². The summed E-state index contributed by atoms with van der Waals surface area (Å²) in [6, 6.07) is 10.2. The number of fused-ring (bicyclic) bond motifs is 1.